The number of carboxylic acids is 2. The molecule has 0 aliphatic carbocycles. The Morgan fingerprint density at radius 3 is 2.42 bits per heavy atom. The zero-order valence-electron chi connectivity index (χ0n) is 11.1. The largest absolute Gasteiger partial charge is 0.481 e. The summed E-state index contributed by atoms with van der Waals surface area (Å²) in [5, 5.41) is 19.7. The summed E-state index contributed by atoms with van der Waals surface area (Å²) >= 11 is 0. The lowest BCUT2D eigenvalue weighted by Gasteiger charge is -2.21. The average molecular weight is 276 g/mol. The number of hydrogen-bond donors (Lipinski definition) is 3. The first-order chi connectivity index (χ1) is 8.88. The molecule has 8 nitrogen and oxygen atoms in total. The lowest BCUT2D eigenvalue weighted by molar-refractivity contribution is -0.140. The van der Waals surface area contributed by atoms with Crippen molar-refractivity contribution in [2.24, 2.45) is 0 Å². The fourth-order valence-electron chi connectivity index (χ4n) is 1.33. The third-order valence-electron chi connectivity index (χ3n) is 2.43. The molecule has 0 saturated heterocycles. The van der Waals surface area contributed by atoms with Gasteiger partial charge in [-0.1, -0.05) is 0 Å². The first-order valence-electron chi connectivity index (χ1n) is 5.83. The minimum atomic E-state index is -1.25. The minimum Gasteiger partial charge on any atom is -0.481 e. The maximum Gasteiger partial charge on any atom is 0.326 e. The van der Waals surface area contributed by atoms with Crippen LogP contribution in [0.5, 0.6) is 0 Å². The van der Waals surface area contributed by atoms with Gasteiger partial charge >= 0.3 is 18.0 Å². The molecular weight excluding hydrogens is 256 g/mol. The lowest BCUT2D eigenvalue weighted by Crippen LogP contribution is -2.47. The molecule has 0 unspecified atom stereocenters. The molecule has 0 aromatic rings. The topological polar surface area (TPSA) is 116 Å². The van der Waals surface area contributed by atoms with Gasteiger partial charge in [-0.05, 0) is 12.8 Å². The van der Waals surface area contributed by atoms with E-state index in [1.165, 1.54) is 11.9 Å². The van der Waals surface area contributed by atoms with Gasteiger partial charge in [0.05, 0.1) is 0 Å². The maximum absolute atomic E-state index is 11.7. The van der Waals surface area contributed by atoms with Gasteiger partial charge in [-0.3, -0.25) is 4.79 Å². The first-order valence-corrected chi connectivity index (χ1v) is 5.83. The van der Waals surface area contributed by atoms with Crippen LogP contribution in [0.1, 0.15) is 19.3 Å². The number of nitrogens with zero attached hydrogens (tertiary/aromatic N) is 1. The van der Waals surface area contributed by atoms with Crippen LogP contribution < -0.4 is 5.32 Å². The van der Waals surface area contributed by atoms with E-state index < -0.39 is 24.0 Å². The number of rotatable bonds is 9. The molecule has 0 aromatic heterocycles. The van der Waals surface area contributed by atoms with Crippen molar-refractivity contribution in [2.75, 3.05) is 27.3 Å². The molecule has 0 spiro atoms. The number of carbonyl (C=O) groups excluding carboxylic acids is 1. The van der Waals surface area contributed by atoms with Gasteiger partial charge in [-0.25, -0.2) is 9.59 Å². The second-order valence-electron chi connectivity index (χ2n) is 4.04. The summed E-state index contributed by atoms with van der Waals surface area (Å²) in [6.07, 6.45) is 0.167. The van der Waals surface area contributed by atoms with Gasteiger partial charge in [0.25, 0.3) is 0 Å². The van der Waals surface area contributed by atoms with Crippen LogP contribution in [0.2, 0.25) is 0 Å². The third-order valence-corrected chi connectivity index (χ3v) is 2.43. The van der Waals surface area contributed by atoms with Crippen LogP contribution in [-0.2, 0) is 14.3 Å². The molecule has 8 heteroatoms. The van der Waals surface area contributed by atoms with E-state index in [2.05, 4.69) is 5.32 Å². The molecule has 0 aliphatic rings. The van der Waals surface area contributed by atoms with Crippen molar-refractivity contribution in [3.63, 3.8) is 0 Å². The van der Waals surface area contributed by atoms with Gasteiger partial charge in [0.1, 0.15) is 6.04 Å². The van der Waals surface area contributed by atoms with Crippen molar-refractivity contribution in [1.29, 1.82) is 0 Å². The molecule has 1 atom stereocenters. The Kier molecular flexibility index (Phi) is 8.27. The fraction of sp³-hybridized carbons (Fsp3) is 0.727. The van der Waals surface area contributed by atoms with Crippen molar-refractivity contribution < 1.29 is 29.3 Å². The molecule has 3 N–H and O–H groups in total. The molecule has 110 valence electrons. The van der Waals surface area contributed by atoms with Gasteiger partial charge < -0.3 is 25.2 Å². The monoisotopic (exact) mass is 276 g/mol. The Hall–Kier alpha value is -1.83. The molecule has 0 bridgehead atoms. The fourth-order valence-corrected chi connectivity index (χ4v) is 1.33. The number of methoxy groups -OCH3 is 1. The summed E-state index contributed by atoms with van der Waals surface area (Å²) in [6.45, 7) is 0.921. The second-order valence-corrected chi connectivity index (χ2v) is 4.04. The Labute approximate surface area is 111 Å². The van der Waals surface area contributed by atoms with Gasteiger partial charge in [0, 0.05) is 33.7 Å². The Morgan fingerprint density at radius 2 is 1.95 bits per heavy atom. The summed E-state index contributed by atoms with van der Waals surface area (Å²) in [5.74, 6) is -2.35. The zero-order chi connectivity index (χ0) is 14.8. The van der Waals surface area contributed by atoms with E-state index in [1.807, 2.05) is 0 Å². The van der Waals surface area contributed by atoms with Crippen molar-refractivity contribution >= 4 is 18.0 Å². The SMILES string of the molecule is COCCCN(C)C(=O)N[C@@H](CCC(=O)O)C(=O)O. The summed E-state index contributed by atoms with van der Waals surface area (Å²) in [7, 11) is 3.08. The highest BCUT2D eigenvalue weighted by atomic mass is 16.5. The van der Waals surface area contributed by atoms with Crippen LogP contribution in [-0.4, -0.2) is 66.4 Å². The molecule has 0 radical (unpaired) electrons. The summed E-state index contributed by atoms with van der Waals surface area (Å²) in [6, 6.07) is -1.75. The number of carboxylic acid groups (broad SMARTS) is 2. The molecule has 0 saturated carbocycles. The number of nitrogens with one attached hydrogen (secondary N) is 1. The van der Waals surface area contributed by atoms with E-state index in [0.717, 1.165) is 0 Å². The Bertz CT molecular complexity index is 320. The van der Waals surface area contributed by atoms with Gasteiger partial charge in [-0.15, -0.1) is 0 Å². The van der Waals surface area contributed by atoms with Crippen molar-refractivity contribution in [2.45, 2.75) is 25.3 Å². The number of hydrogen-bond acceptors (Lipinski definition) is 4. The molecule has 0 heterocycles. The molecule has 0 rings (SSSR count). The van der Waals surface area contributed by atoms with E-state index in [9.17, 15) is 14.4 Å². The van der Waals surface area contributed by atoms with E-state index in [0.29, 0.717) is 19.6 Å². The van der Waals surface area contributed by atoms with Crippen LogP contribution in [0, 0.1) is 0 Å². The highest BCUT2D eigenvalue weighted by Gasteiger charge is 2.22. The first kappa shape index (κ1) is 17.2. The zero-order valence-corrected chi connectivity index (χ0v) is 11.1. The third kappa shape index (κ3) is 7.98. The quantitative estimate of drug-likeness (QED) is 0.510. The van der Waals surface area contributed by atoms with Crippen molar-refractivity contribution in [3.05, 3.63) is 0 Å². The molecule has 0 fully saturated rings. The number of carbonyl (C=O) groups is 3. The van der Waals surface area contributed by atoms with Gasteiger partial charge in [0.15, 0.2) is 0 Å². The van der Waals surface area contributed by atoms with Crippen molar-refractivity contribution in [3.8, 4) is 0 Å². The minimum absolute atomic E-state index is 0.150. The Balaban J connectivity index is 4.22. The number of urea groups is 1. The number of amides is 2. The summed E-state index contributed by atoms with van der Waals surface area (Å²) in [4.78, 5) is 34.3. The number of aliphatic carboxylic acids is 2. The maximum atomic E-state index is 11.7. The summed E-state index contributed by atoms with van der Waals surface area (Å²) in [5.41, 5.74) is 0. The number of ether oxygens (including phenoxy) is 1. The summed E-state index contributed by atoms with van der Waals surface area (Å²) < 4.78 is 4.84. The van der Waals surface area contributed by atoms with Crippen LogP contribution in [0.25, 0.3) is 0 Å². The lowest BCUT2D eigenvalue weighted by atomic mass is 10.1. The normalized spacial score (nSPS) is 11.7. The van der Waals surface area contributed by atoms with E-state index in [-0.39, 0.29) is 12.8 Å². The predicted octanol–water partition coefficient (Wildman–Crippen LogP) is -0.0177. The van der Waals surface area contributed by atoms with E-state index >= 15 is 0 Å². The van der Waals surface area contributed by atoms with Gasteiger partial charge in [0.2, 0.25) is 0 Å². The highest BCUT2D eigenvalue weighted by Crippen LogP contribution is 2.00. The van der Waals surface area contributed by atoms with Crippen molar-refractivity contribution in [1.82, 2.24) is 10.2 Å². The molecule has 19 heavy (non-hydrogen) atoms. The highest BCUT2D eigenvalue weighted by molar-refractivity contribution is 5.82. The van der Waals surface area contributed by atoms with E-state index in [4.69, 9.17) is 14.9 Å². The van der Waals surface area contributed by atoms with E-state index in [1.54, 1.807) is 7.11 Å². The van der Waals surface area contributed by atoms with Crippen LogP contribution in [0.4, 0.5) is 4.79 Å². The van der Waals surface area contributed by atoms with Gasteiger partial charge in [-0.2, -0.15) is 0 Å². The van der Waals surface area contributed by atoms with Crippen LogP contribution in [0.3, 0.4) is 0 Å². The van der Waals surface area contributed by atoms with Crippen LogP contribution >= 0.6 is 0 Å². The standard InChI is InChI=1S/C11H20N2O6/c1-13(6-3-7-19-2)11(18)12-8(10(16)17)4-5-9(14)15/h8H,3-7H2,1-2H3,(H,12,18)(H,14,15)(H,16,17)/t8-/m0/s1. The smallest absolute Gasteiger partial charge is 0.326 e. The molecule has 2 amide bonds. The second kappa shape index (κ2) is 9.15. The Morgan fingerprint density at radius 1 is 1.32 bits per heavy atom. The average Bonchev–Trinajstić information content (AvgIpc) is 2.33. The molecule has 0 aliphatic heterocycles. The predicted molar refractivity (Wildman–Crippen MR) is 65.9 cm³/mol. The molecule has 0 aromatic carbocycles. The van der Waals surface area contributed by atoms with Crippen LogP contribution in [0.15, 0.2) is 0 Å². The molecular formula is C11H20N2O6.